The molecule has 3 nitrogen and oxygen atoms in total. The highest BCUT2D eigenvalue weighted by Crippen LogP contribution is 2.35. The van der Waals surface area contributed by atoms with Crippen LogP contribution in [0.25, 0.3) is 32.8 Å². The number of aromatic nitrogens is 2. The number of halogens is 1. The molecule has 0 radical (unpaired) electrons. The maximum Gasteiger partial charge on any atom is 0.231 e. The molecule has 4 rings (SSSR count). The van der Waals surface area contributed by atoms with Gasteiger partial charge in [-0.2, -0.15) is 0 Å². The lowest BCUT2D eigenvalue weighted by molar-refractivity contribution is 0.656. The summed E-state index contributed by atoms with van der Waals surface area (Å²) in [5.74, 6) is 0. The fraction of sp³-hybridized carbons (Fsp3) is 0. The molecule has 0 aliphatic heterocycles. The van der Waals surface area contributed by atoms with Crippen LogP contribution in [0.3, 0.4) is 0 Å². The first-order valence-corrected chi connectivity index (χ1v) is 5.93. The first kappa shape index (κ1) is 9.85. The second-order valence-electron chi connectivity index (χ2n) is 4.11. The average Bonchev–Trinajstić information content (AvgIpc) is 2.79. The van der Waals surface area contributed by atoms with Crippen LogP contribution in [-0.2, 0) is 0 Å². The Kier molecular flexibility index (Phi) is 1.88. The molecule has 0 saturated carbocycles. The lowest BCUT2D eigenvalue weighted by Crippen LogP contribution is -1.78. The number of furan rings is 1. The molecule has 0 unspecified atom stereocenters. The van der Waals surface area contributed by atoms with Crippen molar-refractivity contribution < 1.29 is 4.42 Å². The van der Waals surface area contributed by atoms with Gasteiger partial charge in [-0.25, -0.2) is 9.97 Å². The molecule has 2 heterocycles. The predicted octanol–water partition coefficient (Wildman–Crippen LogP) is 4.18. The molecule has 86 valence electrons. The third-order valence-corrected chi connectivity index (χ3v) is 3.40. The molecule has 0 atom stereocenters. The molecule has 0 amide bonds. The molecule has 0 aliphatic carbocycles. The standard InChI is InChI=1S/C14H7ClN2O/c15-13-11-10-6-5-8-3-1-2-4-9(8)12(10)18-14(11)17-7-16-13/h1-7H. The fourth-order valence-corrected chi connectivity index (χ4v) is 2.53. The van der Waals surface area contributed by atoms with Crippen molar-refractivity contribution in [2.24, 2.45) is 0 Å². The molecular weight excluding hydrogens is 248 g/mol. The minimum atomic E-state index is 0.425. The van der Waals surface area contributed by atoms with Gasteiger partial charge in [0.2, 0.25) is 5.71 Å². The highest BCUT2D eigenvalue weighted by atomic mass is 35.5. The minimum absolute atomic E-state index is 0.425. The summed E-state index contributed by atoms with van der Waals surface area (Å²) in [5.41, 5.74) is 1.34. The summed E-state index contributed by atoms with van der Waals surface area (Å²) < 4.78 is 5.81. The van der Waals surface area contributed by atoms with Crippen LogP contribution in [0.15, 0.2) is 47.1 Å². The summed E-state index contributed by atoms with van der Waals surface area (Å²) in [6, 6.07) is 12.1. The molecule has 4 aromatic rings. The maximum atomic E-state index is 6.12. The first-order chi connectivity index (χ1) is 8.84. The zero-order valence-corrected chi connectivity index (χ0v) is 9.98. The first-order valence-electron chi connectivity index (χ1n) is 5.55. The Labute approximate surface area is 107 Å². The molecule has 2 aromatic heterocycles. The van der Waals surface area contributed by atoms with Gasteiger partial charge in [0, 0.05) is 10.8 Å². The van der Waals surface area contributed by atoms with Gasteiger partial charge in [-0.05, 0) is 11.5 Å². The Morgan fingerprint density at radius 2 is 1.83 bits per heavy atom. The topological polar surface area (TPSA) is 38.9 Å². The summed E-state index contributed by atoms with van der Waals surface area (Å²) >= 11 is 6.12. The second-order valence-corrected chi connectivity index (χ2v) is 4.47. The Morgan fingerprint density at radius 3 is 2.78 bits per heavy atom. The average molecular weight is 255 g/mol. The Morgan fingerprint density at radius 1 is 0.944 bits per heavy atom. The van der Waals surface area contributed by atoms with Crippen LogP contribution in [0.2, 0.25) is 5.15 Å². The summed E-state index contributed by atoms with van der Waals surface area (Å²) in [7, 11) is 0. The minimum Gasteiger partial charge on any atom is -0.437 e. The highest BCUT2D eigenvalue weighted by Gasteiger charge is 2.13. The molecule has 0 spiro atoms. The van der Waals surface area contributed by atoms with Crippen molar-refractivity contribution >= 4 is 44.4 Å². The van der Waals surface area contributed by atoms with Gasteiger partial charge in [0.25, 0.3) is 0 Å². The van der Waals surface area contributed by atoms with Crippen molar-refractivity contribution in [3.8, 4) is 0 Å². The van der Waals surface area contributed by atoms with Crippen molar-refractivity contribution in [2.45, 2.75) is 0 Å². The van der Waals surface area contributed by atoms with Crippen LogP contribution in [0.1, 0.15) is 0 Å². The van der Waals surface area contributed by atoms with Gasteiger partial charge in [-0.3, -0.25) is 0 Å². The van der Waals surface area contributed by atoms with Crippen molar-refractivity contribution in [3.63, 3.8) is 0 Å². The summed E-state index contributed by atoms with van der Waals surface area (Å²) in [6.45, 7) is 0. The molecule has 0 N–H and O–H groups in total. The van der Waals surface area contributed by atoms with Crippen LogP contribution in [0.4, 0.5) is 0 Å². The number of fused-ring (bicyclic) bond motifs is 5. The van der Waals surface area contributed by atoms with E-state index in [0.717, 1.165) is 27.1 Å². The van der Waals surface area contributed by atoms with Gasteiger partial charge in [0.05, 0.1) is 5.39 Å². The number of hydrogen-bond acceptors (Lipinski definition) is 3. The van der Waals surface area contributed by atoms with Gasteiger partial charge in [-0.1, -0.05) is 41.9 Å². The number of hydrogen-bond donors (Lipinski definition) is 0. The normalized spacial score (nSPS) is 11.6. The lowest BCUT2D eigenvalue weighted by Gasteiger charge is -1.97. The molecule has 0 bridgehead atoms. The lowest BCUT2D eigenvalue weighted by atomic mass is 10.1. The van der Waals surface area contributed by atoms with E-state index in [9.17, 15) is 0 Å². The van der Waals surface area contributed by atoms with Crippen LogP contribution < -0.4 is 0 Å². The zero-order valence-electron chi connectivity index (χ0n) is 9.22. The van der Waals surface area contributed by atoms with Crippen molar-refractivity contribution in [3.05, 3.63) is 47.9 Å². The smallest absolute Gasteiger partial charge is 0.231 e. The number of nitrogens with zero attached hydrogens (tertiary/aromatic N) is 2. The van der Waals surface area contributed by atoms with E-state index < -0.39 is 0 Å². The largest absolute Gasteiger partial charge is 0.437 e. The Balaban J connectivity index is 2.34. The van der Waals surface area contributed by atoms with Gasteiger partial charge in [0.15, 0.2) is 0 Å². The van der Waals surface area contributed by atoms with Crippen LogP contribution in [-0.4, -0.2) is 9.97 Å². The van der Waals surface area contributed by atoms with Crippen molar-refractivity contribution in [1.29, 1.82) is 0 Å². The maximum absolute atomic E-state index is 6.12. The van der Waals surface area contributed by atoms with E-state index in [1.165, 1.54) is 6.33 Å². The monoisotopic (exact) mass is 254 g/mol. The van der Waals surface area contributed by atoms with Crippen molar-refractivity contribution in [2.75, 3.05) is 0 Å². The van der Waals surface area contributed by atoms with E-state index >= 15 is 0 Å². The third kappa shape index (κ3) is 1.19. The summed E-state index contributed by atoms with van der Waals surface area (Å²) in [4.78, 5) is 8.13. The molecule has 0 saturated heterocycles. The van der Waals surface area contributed by atoms with Gasteiger partial charge in [0.1, 0.15) is 17.1 Å². The summed E-state index contributed by atoms with van der Waals surface area (Å²) in [6.07, 6.45) is 1.41. The zero-order chi connectivity index (χ0) is 12.1. The second kappa shape index (κ2) is 3.43. The van der Waals surface area contributed by atoms with Crippen molar-refractivity contribution in [1.82, 2.24) is 9.97 Å². The quantitative estimate of drug-likeness (QED) is 0.442. The van der Waals surface area contributed by atoms with Crippen LogP contribution in [0, 0.1) is 0 Å². The van der Waals surface area contributed by atoms with Crippen LogP contribution >= 0.6 is 11.6 Å². The molecule has 0 aliphatic rings. The molecule has 0 fully saturated rings. The highest BCUT2D eigenvalue weighted by molar-refractivity contribution is 6.36. The predicted molar refractivity (Wildman–Crippen MR) is 71.8 cm³/mol. The summed E-state index contributed by atoms with van der Waals surface area (Å²) in [5, 5.41) is 4.35. The van der Waals surface area contributed by atoms with E-state index in [2.05, 4.69) is 22.1 Å². The van der Waals surface area contributed by atoms with Gasteiger partial charge < -0.3 is 4.42 Å². The van der Waals surface area contributed by atoms with Gasteiger partial charge >= 0.3 is 0 Å². The number of rotatable bonds is 0. The van der Waals surface area contributed by atoms with E-state index in [1.54, 1.807) is 0 Å². The Bertz CT molecular complexity index is 898. The third-order valence-electron chi connectivity index (χ3n) is 3.11. The van der Waals surface area contributed by atoms with Crippen LogP contribution in [0.5, 0.6) is 0 Å². The van der Waals surface area contributed by atoms with E-state index in [4.69, 9.17) is 16.0 Å². The molecule has 18 heavy (non-hydrogen) atoms. The molecular formula is C14H7ClN2O. The number of benzene rings is 2. The SMILES string of the molecule is Clc1ncnc2oc3c4ccccc4ccc3c12. The van der Waals surface area contributed by atoms with E-state index in [-0.39, 0.29) is 0 Å². The molecule has 2 aromatic carbocycles. The fourth-order valence-electron chi connectivity index (χ4n) is 2.30. The van der Waals surface area contributed by atoms with E-state index in [0.29, 0.717) is 10.9 Å². The Hall–Kier alpha value is -2.13. The van der Waals surface area contributed by atoms with E-state index in [1.807, 2.05) is 24.3 Å². The molecule has 4 heteroatoms. The van der Waals surface area contributed by atoms with Gasteiger partial charge in [-0.15, -0.1) is 0 Å².